The number of carbonyl (C=O) groups excluding carboxylic acids is 2. The monoisotopic (exact) mass is 524 g/mol. The molecular formula is C28H30ClFN4O3. The minimum Gasteiger partial charge on any atom is -0.366 e. The number of carbonyl (C=O) groups is 2. The Hall–Kier alpha value is -3.39. The van der Waals surface area contributed by atoms with Gasteiger partial charge in [-0.15, -0.1) is 0 Å². The smallest absolute Gasteiger partial charge is 0.256 e. The fourth-order valence-electron chi connectivity index (χ4n) is 4.76. The number of hydrogen-bond acceptors (Lipinski definition) is 4. The summed E-state index contributed by atoms with van der Waals surface area (Å²) in [5.74, 6) is -0.801. The Labute approximate surface area is 219 Å². The van der Waals surface area contributed by atoms with Crippen molar-refractivity contribution < 1.29 is 14.0 Å². The summed E-state index contributed by atoms with van der Waals surface area (Å²) in [7, 11) is 0. The quantitative estimate of drug-likeness (QED) is 0.516. The van der Waals surface area contributed by atoms with E-state index in [1.165, 1.54) is 6.07 Å². The van der Waals surface area contributed by atoms with E-state index in [2.05, 4.69) is 5.32 Å². The zero-order valence-corrected chi connectivity index (χ0v) is 21.7. The molecule has 7 nitrogen and oxygen atoms in total. The fourth-order valence-corrected chi connectivity index (χ4v) is 4.95. The van der Waals surface area contributed by atoms with E-state index < -0.39 is 17.2 Å². The topological polar surface area (TPSA) is 74.7 Å². The highest BCUT2D eigenvalue weighted by Crippen LogP contribution is 2.38. The van der Waals surface area contributed by atoms with E-state index in [0.29, 0.717) is 54.5 Å². The molecular weight excluding hydrogens is 495 g/mol. The number of amides is 2. The Bertz CT molecular complexity index is 1420. The third-order valence-corrected chi connectivity index (χ3v) is 7.17. The predicted molar refractivity (Wildman–Crippen MR) is 143 cm³/mol. The van der Waals surface area contributed by atoms with Gasteiger partial charge in [-0.3, -0.25) is 14.4 Å². The summed E-state index contributed by atoms with van der Waals surface area (Å²) >= 11 is 6.03. The van der Waals surface area contributed by atoms with Crippen LogP contribution >= 0.6 is 11.6 Å². The van der Waals surface area contributed by atoms with Crippen LogP contribution in [0.2, 0.25) is 5.02 Å². The zero-order chi connectivity index (χ0) is 26.3. The number of nitrogens with zero attached hydrogens (tertiary/aromatic N) is 3. The minimum atomic E-state index is -0.513. The second kappa shape index (κ2) is 10.2. The van der Waals surface area contributed by atoms with Crippen LogP contribution in [0.3, 0.4) is 0 Å². The lowest BCUT2D eigenvalue weighted by Crippen LogP contribution is -2.49. The molecule has 1 aromatic heterocycles. The van der Waals surface area contributed by atoms with Crippen LogP contribution in [0.15, 0.2) is 47.4 Å². The number of hydrogen-bond donors (Lipinski definition) is 1. The first-order valence-electron chi connectivity index (χ1n) is 12.7. The van der Waals surface area contributed by atoms with Crippen LogP contribution in [0.1, 0.15) is 53.4 Å². The lowest BCUT2D eigenvalue weighted by atomic mass is 10.1. The van der Waals surface area contributed by atoms with Crippen molar-refractivity contribution >= 4 is 40.0 Å². The summed E-state index contributed by atoms with van der Waals surface area (Å²) in [5, 5.41) is 3.52. The van der Waals surface area contributed by atoms with Crippen molar-refractivity contribution in [1.82, 2.24) is 14.8 Å². The third-order valence-electron chi connectivity index (χ3n) is 6.94. The van der Waals surface area contributed by atoms with Gasteiger partial charge in [-0.1, -0.05) is 31.5 Å². The fraction of sp³-hybridized carbons (Fsp3) is 0.393. The number of benzene rings is 2. The summed E-state index contributed by atoms with van der Waals surface area (Å²) in [5.41, 5.74) is 1.13. The zero-order valence-electron chi connectivity index (χ0n) is 21.0. The van der Waals surface area contributed by atoms with Gasteiger partial charge in [-0.2, -0.15) is 0 Å². The average Bonchev–Trinajstić information content (AvgIpc) is 3.73. The van der Waals surface area contributed by atoms with Crippen molar-refractivity contribution in [2.75, 3.05) is 37.6 Å². The maximum Gasteiger partial charge on any atom is 0.256 e. The molecule has 0 unspecified atom stereocenters. The number of rotatable bonds is 6. The van der Waals surface area contributed by atoms with Gasteiger partial charge < -0.3 is 19.7 Å². The molecule has 1 N–H and O–H groups in total. The molecule has 0 atom stereocenters. The number of pyridine rings is 1. The van der Waals surface area contributed by atoms with Gasteiger partial charge in [0.05, 0.1) is 11.2 Å². The Kier molecular flexibility index (Phi) is 6.94. The molecule has 1 aliphatic heterocycles. The summed E-state index contributed by atoms with van der Waals surface area (Å²) in [6.07, 6.45) is 3.52. The van der Waals surface area contributed by atoms with Gasteiger partial charge in [-0.05, 0) is 49.1 Å². The highest BCUT2D eigenvalue weighted by molar-refractivity contribution is 6.31. The van der Waals surface area contributed by atoms with Gasteiger partial charge in [-0.25, -0.2) is 4.39 Å². The molecule has 3 aromatic rings. The highest BCUT2D eigenvalue weighted by Gasteiger charge is 2.29. The first-order chi connectivity index (χ1) is 17.7. The molecule has 0 radical (unpaired) electrons. The third kappa shape index (κ3) is 5.21. The second-order valence-electron chi connectivity index (χ2n) is 10.2. The molecule has 37 heavy (non-hydrogen) atoms. The molecule has 9 heteroatoms. The van der Waals surface area contributed by atoms with Crippen LogP contribution < -0.4 is 15.6 Å². The van der Waals surface area contributed by atoms with E-state index in [4.69, 9.17) is 11.6 Å². The Balaban J connectivity index is 1.42. The summed E-state index contributed by atoms with van der Waals surface area (Å²) in [4.78, 5) is 42.5. The van der Waals surface area contributed by atoms with Crippen LogP contribution in [0.5, 0.6) is 0 Å². The number of fused-ring (bicyclic) bond motifs is 1. The molecule has 194 valence electrons. The first kappa shape index (κ1) is 25.3. The van der Waals surface area contributed by atoms with E-state index >= 15 is 4.39 Å². The van der Waals surface area contributed by atoms with E-state index in [0.717, 1.165) is 12.8 Å². The van der Waals surface area contributed by atoms with E-state index in [1.54, 1.807) is 41.4 Å². The van der Waals surface area contributed by atoms with Crippen molar-refractivity contribution in [3.05, 3.63) is 74.8 Å². The van der Waals surface area contributed by atoms with Crippen molar-refractivity contribution in [1.29, 1.82) is 0 Å². The van der Waals surface area contributed by atoms with Crippen LogP contribution in [0.4, 0.5) is 10.1 Å². The summed E-state index contributed by atoms with van der Waals surface area (Å²) in [6.45, 7) is 6.20. The molecule has 2 aliphatic rings. The van der Waals surface area contributed by atoms with Crippen molar-refractivity contribution in [2.45, 2.75) is 32.7 Å². The minimum absolute atomic E-state index is 0.0420. The molecule has 1 aliphatic carbocycles. The van der Waals surface area contributed by atoms with Crippen LogP contribution in [-0.2, 0) is 0 Å². The molecule has 2 fully saturated rings. The summed E-state index contributed by atoms with van der Waals surface area (Å²) < 4.78 is 17.3. The Morgan fingerprint density at radius 3 is 2.49 bits per heavy atom. The molecule has 5 rings (SSSR count). The van der Waals surface area contributed by atoms with Crippen molar-refractivity contribution in [3.8, 4) is 0 Å². The number of halogens is 2. The van der Waals surface area contributed by atoms with Crippen molar-refractivity contribution in [3.63, 3.8) is 0 Å². The maximum atomic E-state index is 15.4. The maximum absolute atomic E-state index is 15.4. The molecule has 2 aromatic carbocycles. The van der Waals surface area contributed by atoms with E-state index in [9.17, 15) is 14.4 Å². The molecule has 1 saturated heterocycles. The van der Waals surface area contributed by atoms with Crippen LogP contribution in [0, 0.1) is 11.7 Å². The summed E-state index contributed by atoms with van der Waals surface area (Å²) in [6, 6.07) is 10.0. The highest BCUT2D eigenvalue weighted by atomic mass is 35.5. The SMILES string of the molecule is CC(C)CNC(=O)c1cn(C2CC2)c2cc(N3CCN(C(=O)c4cccc(Cl)c4)CC3)c(F)cc2c1=O. The van der Waals surface area contributed by atoms with Gasteiger partial charge in [0.2, 0.25) is 5.43 Å². The number of nitrogens with one attached hydrogen (secondary N) is 1. The molecule has 0 spiro atoms. The van der Waals surface area contributed by atoms with Crippen LogP contribution in [0.25, 0.3) is 10.9 Å². The number of aromatic nitrogens is 1. The van der Waals surface area contributed by atoms with E-state index in [1.807, 2.05) is 23.3 Å². The number of piperazine rings is 1. The second-order valence-corrected chi connectivity index (χ2v) is 10.7. The van der Waals surface area contributed by atoms with Crippen LogP contribution in [-0.4, -0.2) is 54.0 Å². The average molecular weight is 525 g/mol. The van der Waals surface area contributed by atoms with Gasteiger partial charge in [0.15, 0.2) is 0 Å². The molecule has 1 saturated carbocycles. The van der Waals surface area contributed by atoms with Gasteiger partial charge in [0, 0.05) is 60.9 Å². The largest absolute Gasteiger partial charge is 0.366 e. The van der Waals surface area contributed by atoms with Crippen molar-refractivity contribution in [2.24, 2.45) is 5.92 Å². The lowest BCUT2D eigenvalue weighted by Gasteiger charge is -2.36. The normalized spacial score (nSPS) is 15.9. The van der Waals surface area contributed by atoms with Gasteiger partial charge >= 0.3 is 0 Å². The standard InChI is InChI=1S/C28H30ClFN4O3/c1-17(2)15-31-27(36)22-16-34(20-6-7-20)24-14-25(23(30)13-21(24)26(22)35)32-8-10-33(11-9-32)28(37)18-4-3-5-19(29)12-18/h3-5,12-14,16-17,20H,6-11,15H2,1-2H3,(H,31,36). The Morgan fingerprint density at radius 2 is 1.84 bits per heavy atom. The first-order valence-corrected chi connectivity index (χ1v) is 13.1. The predicted octanol–water partition coefficient (Wildman–Crippen LogP) is 4.48. The molecule has 0 bridgehead atoms. The molecule has 2 heterocycles. The lowest BCUT2D eigenvalue weighted by molar-refractivity contribution is 0.0746. The number of anilines is 1. The molecule has 2 amide bonds. The van der Waals surface area contributed by atoms with Gasteiger partial charge in [0.1, 0.15) is 11.4 Å². The Morgan fingerprint density at radius 1 is 1.11 bits per heavy atom. The van der Waals surface area contributed by atoms with E-state index in [-0.39, 0.29) is 28.8 Å². The van der Waals surface area contributed by atoms with Gasteiger partial charge in [0.25, 0.3) is 11.8 Å².